The minimum atomic E-state index is 1.03. The third-order valence-corrected chi connectivity index (χ3v) is 2.85. The highest BCUT2D eigenvalue weighted by Gasteiger charge is 2.01. The molecule has 0 N–H and O–H groups in total. The zero-order valence-corrected chi connectivity index (χ0v) is 10.3. The number of hydrogen-bond acceptors (Lipinski definition) is 2. The summed E-state index contributed by atoms with van der Waals surface area (Å²) in [6, 6.07) is 10.1. The molecule has 0 fully saturated rings. The van der Waals surface area contributed by atoms with E-state index in [0.717, 1.165) is 17.8 Å². The van der Waals surface area contributed by atoms with Gasteiger partial charge < -0.3 is 0 Å². The second kappa shape index (κ2) is 6.18. The lowest BCUT2D eigenvalue weighted by Crippen LogP contribution is -1.93. The molecule has 0 saturated heterocycles. The molecule has 0 aliphatic heterocycles. The van der Waals surface area contributed by atoms with Gasteiger partial charge in [0.2, 0.25) is 0 Å². The van der Waals surface area contributed by atoms with Crippen molar-refractivity contribution in [1.82, 2.24) is 15.0 Å². The van der Waals surface area contributed by atoms with Gasteiger partial charge in [0.25, 0.3) is 0 Å². The zero-order chi connectivity index (χ0) is 11.9. The maximum absolute atomic E-state index is 4.20. The minimum absolute atomic E-state index is 1.03. The summed E-state index contributed by atoms with van der Waals surface area (Å²) in [6.45, 7) is 2.23. The summed E-state index contributed by atoms with van der Waals surface area (Å²) >= 11 is 0. The Morgan fingerprint density at radius 1 is 1.06 bits per heavy atom. The molecular formula is C14H19N3. The summed E-state index contributed by atoms with van der Waals surface area (Å²) in [4.78, 5) is 0. The molecule has 0 radical (unpaired) electrons. The molecule has 17 heavy (non-hydrogen) atoms. The predicted molar refractivity (Wildman–Crippen MR) is 69.2 cm³/mol. The number of unbranched alkanes of at least 4 members (excludes halogenated alkanes) is 3. The first-order chi connectivity index (χ1) is 8.40. The van der Waals surface area contributed by atoms with Crippen molar-refractivity contribution in [2.75, 3.05) is 0 Å². The molecule has 0 aliphatic rings. The Hall–Kier alpha value is -1.64. The molecule has 2 aromatic rings. The van der Waals surface area contributed by atoms with Crippen molar-refractivity contribution in [3.8, 4) is 5.69 Å². The largest absolute Gasteiger partial charge is 0.220 e. The molecule has 90 valence electrons. The number of aryl methyl sites for hydroxylation is 1. The second-order valence-corrected chi connectivity index (χ2v) is 4.30. The van der Waals surface area contributed by atoms with Crippen LogP contribution in [0, 0.1) is 0 Å². The third-order valence-electron chi connectivity index (χ3n) is 2.85. The monoisotopic (exact) mass is 229 g/mol. The van der Waals surface area contributed by atoms with Gasteiger partial charge in [0.1, 0.15) is 0 Å². The van der Waals surface area contributed by atoms with Gasteiger partial charge in [-0.05, 0) is 25.0 Å². The molecule has 0 saturated carbocycles. The predicted octanol–water partition coefficient (Wildman–Crippen LogP) is 3.39. The molecule has 0 atom stereocenters. The van der Waals surface area contributed by atoms with Gasteiger partial charge in [0, 0.05) is 0 Å². The van der Waals surface area contributed by atoms with E-state index in [9.17, 15) is 0 Å². The van der Waals surface area contributed by atoms with Crippen LogP contribution in [0.3, 0.4) is 0 Å². The normalized spacial score (nSPS) is 10.6. The van der Waals surface area contributed by atoms with Crippen LogP contribution in [0.2, 0.25) is 0 Å². The average molecular weight is 229 g/mol. The van der Waals surface area contributed by atoms with Crippen LogP contribution < -0.4 is 0 Å². The van der Waals surface area contributed by atoms with Crippen molar-refractivity contribution in [3.05, 3.63) is 42.2 Å². The maximum Gasteiger partial charge on any atom is 0.0831 e. The number of para-hydroxylation sites is 1. The van der Waals surface area contributed by atoms with E-state index < -0.39 is 0 Å². The average Bonchev–Trinajstić information content (AvgIpc) is 2.85. The van der Waals surface area contributed by atoms with Gasteiger partial charge in [-0.15, -0.1) is 5.10 Å². The molecule has 0 aliphatic carbocycles. The zero-order valence-electron chi connectivity index (χ0n) is 10.3. The van der Waals surface area contributed by atoms with Crippen LogP contribution in [-0.2, 0) is 6.42 Å². The van der Waals surface area contributed by atoms with Crippen molar-refractivity contribution < 1.29 is 0 Å². The molecule has 0 spiro atoms. The van der Waals surface area contributed by atoms with Crippen LogP contribution in [0.25, 0.3) is 5.69 Å². The molecule has 3 heteroatoms. The summed E-state index contributed by atoms with van der Waals surface area (Å²) in [6.07, 6.45) is 8.15. The molecule has 3 nitrogen and oxygen atoms in total. The summed E-state index contributed by atoms with van der Waals surface area (Å²) in [7, 11) is 0. The number of rotatable bonds is 6. The first kappa shape index (κ1) is 11.8. The van der Waals surface area contributed by atoms with Gasteiger partial charge in [-0.25, -0.2) is 4.68 Å². The van der Waals surface area contributed by atoms with E-state index in [2.05, 4.69) is 17.2 Å². The van der Waals surface area contributed by atoms with Crippen molar-refractivity contribution in [3.63, 3.8) is 0 Å². The van der Waals surface area contributed by atoms with Crippen molar-refractivity contribution in [2.24, 2.45) is 0 Å². The lowest BCUT2D eigenvalue weighted by atomic mass is 10.1. The van der Waals surface area contributed by atoms with Crippen LogP contribution >= 0.6 is 0 Å². The van der Waals surface area contributed by atoms with Crippen LogP contribution in [-0.4, -0.2) is 15.0 Å². The minimum Gasteiger partial charge on any atom is -0.220 e. The SMILES string of the molecule is CCCCCCc1cn(-c2ccccc2)nn1. The third kappa shape index (κ3) is 3.41. The van der Waals surface area contributed by atoms with Gasteiger partial charge in [0.05, 0.1) is 17.6 Å². The second-order valence-electron chi connectivity index (χ2n) is 4.30. The number of nitrogens with zero attached hydrogens (tertiary/aromatic N) is 3. The molecular weight excluding hydrogens is 210 g/mol. The highest BCUT2D eigenvalue weighted by molar-refractivity contribution is 5.29. The van der Waals surface area contributed by atoms with Crippen molar-refractivity contribution in [1.29, 1.82) is 0 Å². The van der Waals surface area contributed by atoms with Gasteiger partial charge in [-0.1, -0.05) is 49.6 Å². The summed E-state index contributed by atoms with van der Waals surface area (Å²) in [5, 5.41) is 8.36. The Balaban J connectivity index is 1.92. The fourth-order valence-electron chi connectivity index (χ4n) is 1.85. The highest BCUT2D eigenvalue weighted by Crippen LogP contribution is 2.08. The first-order valence-corrected chi connectivity index (χ1v) is 6.37. The summed E-state index contributed by atoms with van der Waals surface area (Å²) < 4.78 is 1.84. The topological polar surface area (TPSA) is 30.7 Å². The van der Waals surface area contributed by atoms with Crippen molar-refractivity contribution in [2.45, 2.75) is 39.0 Å². The Bertz CT molecular complexity index is 434. The Kier molecular flexibility index (Phi) is 4.30. The van der Waals surface area contributed by atoms with Crippen LogP contribution in [0.15, 0.2) is 36.5 Å². The van der Waals surface area contributed by atoms with Crippen LogP contribution in [0.5, 0.6) is 0 Å². The molecule has 0 amide bonds. The van der Waals surface area contributed by atoms with Crippen LogP contribution in [0.4, 0.5) is 0 Å². The molecule has 1 aromatic heterocycles. The lowest BCUT2D eigenvalue weighted by Gasteiger charge is -1.97. The molecule has 1 aromatic carbocycles. The molecule has 0 bridgehead atoms. The van der Waals surface area contributed by atoms with Crippen molar-refractivity contribution >= 4 is 0 Å². The summed E-state index contributed by atoms with van der Waals surface area (Å²) in [5.74, 6) is 0. The van der Waals surface area contributed by atoms with E-state index in [1.165, 1.54) is 25.7 Å². The molecule has 2 rings (SSSR count). The maximum atomic E-state index is 4.20. The van der Waals surface area contributed by atoms with E-state index in [0.29, 0.717) is 0 Å². The fourth-order valence-corrected chi connectivity index (χ4v) is 1.85. The van der Waals surface area contributed by atoms with E-state index in [4.69, 9.17) is 0 Å². The number of benzene rings is 1. The quantitative estimate of drug-likeness (QED) is 0.711. The van der Waals surface area contributed by atoms with Gasteiger partial charge >= 0.3 is 0 Å². The number of aromatic nitrogens is 3. The van der Waals surface area contributed by atoms with E-state index in [1.807, 2.05) is 41.2 Å². The van der Waals surface area contributed by atoms with Gasteiger partial charge in [-0.2, -0.15) is 0 Å². The van der Waals surface area contributed by atoms with Gasteiger partial charge in [-0.3, -0.25) is 0 Å². The van der Waals surface area contributed by atoms with E-state index in [-0.39, 0.29) is 0 Å². The standard InChI is InChI=1S/C14H19N3/c1-2-3-4-6-9-13-12-17(16-15-13)14-10-7-5-8-11-14/h5,7-8,10-12H,2-4,6,9H2,1H3. The Morgan fingerprint density at radius 2 is 1.88 bits per heavy atom. The number of hydrogen-bond donors (Lipinski definition) is 0. The first-order valence-electron chi connectivity index (χ1n) is 6.37. The van der Waals surface area contributed by atoms with Crippen LogP contribution in [0.1, 0.15) is 38.3 Å². The van der Waals surface area contributed by atoms with Gasteiger partial charge in [0.15, 0.2) is 0 Å². The molecule has 0 unspecified atom stereocenters. The highest BCUT2D eigenvalue weighted by atomic mass is 15.4. The fraction of sp³-hybridized carbons (Fsp3) is 0.429. The summed E-state index contributed by atoms with van der Waals surface area (Å²) in [5.41, 5.74) is 2.16. The Morgan fingerprint density at radius 3 is 2.65 bits per heavy atom. The Labute approximate surface area is 102 Å². The van der Waals surface area contributed by atoms with E-state index >= 15 is 0 Å². The molecule has 1 heterocycles. The smallest absolute Gasteiger partial charge is 0.0831 e. The lowest BCUT2D eigenvalue weighted by molar-refractivity contribution is 0.659. The van der Waals surface area contributed by atoms with E-state index in [1.54, 1.807) is 0 Å².